The van der Waals surface area contributed by atoms with Crippen molar-refractivity contribution in [2.75, 3.05) is 10.6 Å². The van der Waals surface area contributed by atoms with Gasteiger partial charge >= 0.3 is 0 Å². The van der Waals surface area contributed by atoms with Crippen LogP contribution in [0.3, 0.4) is 0 Å². The van der Waals surface area contributed by atoms with Crippen molar-refractivity contribution in [1.82, 2.24) is 10.3 Å². The molecule has 1 aromatic heterocycles. The van der Waals surface area contributed by atoms with Gasteiger partial charge in [-0.25, -0.2) is 4.98 Å². The van der Waals surface area contributed by atoms with E-state index >= 15 is 0 Å². The number of thioether (sulfide) groups is 1. The molecule has 1 heterocycles. The number of rotatable bonds is 14. The second-order valence-electron chi connectivity index (χ2n) is 11.8. The molecule has 0 saturated carbocycles. The van der Waals surface area contributed by atoms with E-state index in [1.807, 2.05) is 30.3 Å². The zero-order valence-corrected chi connectivity index (χ0v) is 30.4. The number of carbonyl (C=O) groups excluding carboxylic acids is 3. The molecule has 3 amide bonds. The molecule has 13 heteroatoms. The maximum absolute atomic E-state index is 13.6. The highest BCUT2D eigenvalue weighted by Gasteiger charge is 2.19. The lowest BCUT2D eigenvalue weighted by atomic mass is 10.1. The number of amides is 3. The van der Waals surface area contributed by atoms with E-state index < -0.39 is 22.0 Å². The molecule has 1 atom stereocenters. The van der Waals surface area contributed by atoms with Crippen molar-refractivity contribution in [1.29, 1.82) is 0 Å². The van der Waals surface area contributed by atoms with Crippen molar-refractivity contribution in [3.63, 3.8) is 0 Å². The minimum atomic E-state index is -0.523. The van der Waals surface area contributed by atoms with Gasteiger partial charge in [0.2, 0.25) is 5.91 Å². The van der Waals surface area contributed by atoms with Crippen molar-refractivity contribution >= 4 is 63.4 Å². The number of aromatic nitrogens is 1. The Morgan fingerprint density at radius 2 is 1.57 bits per heavy atom. The molecule has 0 aliphatic heterocycles. The highest BCUT2D eigenvalue weighted by molar-refractivity contribution is 8.00. The van der Waals surface area contributed by atoms with E-state index in [4.69, 9.17) is 4.74 Å². The molecule has 270 valence electrons. The van der Waals surface area contributed by atoms with Gasteiger partial charge in [0.1, 0.15) is 18.1 Å². The van der Waals surface area contributed by atoms with Gasteiger partial charge in [0.25, 0.3) is 17.5 Å². The van der Waals surface area contributed by atoms with Gasteiger partial charge in [-0.05, 0) is 72.7 Å². The minimum Gasteiger partial charge on any atom is -0.489 e. The van der Waals surface area contributed by atoms with Crippen LogP contribution in [0, 0.1) is 10.1 Å². The largest absolute Gasteiger partial charge is 0.489 e. The average Bonchev–Trinajstić information content (AvgIpc) is 3.67. The molecule has 0 radical (unpaired) electrons. The number of benzene rings is 5. The van der Waals surface area contributed by atoms with Crippen LogP contribution in [-0.2, 0) is 16.2 Å². The topological polar surface area (TPSA) is 153 Å². The Kier molecular flexibility index (Phi) is 12.2. The Balaban J connectivity index is 1.08. The lowest BCUT2D eigenvalue weighted by molar-refractivity contribution is -0.384. The third-order valence-electron chi connectivity index (χ3n) is 7.85. The van der Waals surface area contributed by atoms with Gasteiger partial charge in [-0.15, -0.1) is 23.1 Å². The molecule has 0 bridgehead atoms. The number of nitrogens with one attached hydrogen (secondary N) is 3. The number of non-ortho nitro benzene ring substituents is 1. The molecule has 5 aromatic carbocycles. The van der Waals surface area contributed by atoms with Gasteiger partial charge in [0.05, 0.1) is 15.9 Å². The molecule has 54 heavy (non-hydrogen) atoms. The molecule has 3 N–H and O–H groups in total. The number of hydrogen-bond acceptors (Lipinski definition) is 9. The Hall–Kier alpha value is -6.57. The number of thiazole rings is 1. The summed E-state index contributed by atoms with van der Waals surface area (Å²) in [6, 6.07) is 38.8. The lowest BCUT2D eigenvalue weighted by Gasteiger charge is -2.13. The van der Waals surface area contributed by atoms with Crippen LogP contribution >= 0.6 is 23.1 Å². The number of nitrogens with zero attached hydrogens (tertiary/aromatic N) is 2. The summed E-state index contributed by atoms with van der Waals surface area (Å²) in [4.78, 5) is 55.5. The van der Waals surface area contributed by atoms with Gasteiger partial charge in [0.15, 0.2) is 5.13 Å². The minimum absolute atomic E-state index is 0.0413. The summed E-state index contributed by atoms with van der Waals surface area (Å²) in [5.41, 5.74) is 3.71. The van der Waals surface area contributed by atoms with E-state index in [1.165, 1.54) is 35.2 Å². The van der Waals surface area contributed by atoms with Crippen LogP contribution < -0.4 is 20.7 Å². The van der Waals surface area contributed by atoms with E-state index in [9.17, 15) is 24.5 Å². The molecular formula is C41H33N5O6S2. The third-order valence-corrected chi connectivity index (χ3v) is 9.72. The quantitative estimate of drug-likeness (QED) is 0.0432. The fourth-order valence-electron chi connectivity index (χ4n) is 5.03. The molecule has 0 fully saturated rings. The van der Waals surface area contributed by atoms with Crippen molar-refractivity contribution < 1.29 is 24.0 Å². The maximum Gasteiger partial charge on any atom is 0.272 e. The molecule has 11 nitrogen and oxygen atoms in total. The van der Waals surface area contributed by atoms with E-state index in [0.717, 1.165) is 10.5 Å². The molecular weight excluding hydrogens is 723 g/mol. The number of hydrogen-bond donors (Lipinski definition) is 3. The SMILES string of the molecule is CC(Sc1ccc(NC(=O)/C(=C/c2ccc(OCc3ccccc3)cc2)NC(=O)c2ccccc2)cc1)C(=O)Nc1nc(-c2cccc([N+](=O)[O-])c2)cs1. The van der Waals surface area contributed by atoms with Crippen LogP contribution in [0.25, 0.3) is 17.3 Å². The summed E-state index contributed by atoms with van der Waals surface area (Å²) in [5, 5.41) is 21.2. The van der Waals surface area contributed by atoms with Gasteiger partial charge in [0, 0.05) is 39.2 Å². The molecule has 0 spiro atoms. The van der Waals surface area contributed by atoms with E-state index in [1.54, 1.807) is 109 Å². The summed E-state index contributed by atoms with van der Waals surface area (Å²) in [7, 11) is 0. The number of nitro benzene ring substituents is 1. The molecule has 1 unspecified atom stereocenters. The summed E-state index contributed by atoms with van der Waals surface area (Å²) in [6.45, 7) is 2.18. The summed E-state index contributed by atoms with van der Waals surface area (Å²) >= 11 is 2.55. The predicted octanol–water partition coefficient (Wildman–Crippen LogP) is 8.83. The standard InChI is InChI=1S/C41H33N5O6S2/c1-27(38(47)45-41-44-37(26-53-41)31-13-8-14-33(24-31)46(50)51)54-35-21-17-32(18-22-35)42-40(49)36(43-39(48)30-11-6-3-7-12-30)23-28-15-19-34(20-16-28)52-25-29-9-4-2-5-10-29/h2-24,26-27H,25H2,1H3,(H,42,49)(H,43,48)(H,44,45,47)/b36-23-. The van der Waals surface area contributed by atoms with E-state index in [2.05, 4.69) is 20.9 Å². The Labute approximate surface area is 319 Å². The number of anilines is 2. The van der Waals surface area contributed by atoms with Gasteiger partial charge in [-0.1, -0.05) is 72.8 Å². The number of nitro groups is 1. The summed E-state index contributed by atoms with van der Waals surface area (Å²) in [5.74, 6) is -0.561. The fourth-order valence-corrected chi connectivity index (χ4v) is 6.62. The van der Waals surface area contributed by atoms with Gasteiger partial charge < -0.3 is 20.7 Å². The zero-order valence-electron chi connectivity index (χ0n) is 28.8. The zero-order chi connectivity index (χ0) is 37.9. The van der Waals surface area contributed by atoms with Crippen LogP contribution in [0.1, 0.15) is 28.4 Å². The van der Waals surface area contributed by atoms with Gasteiger partial charge in [-0.3, -0.25) is 24.5 Å². The van der Waals surface area contributed by atoms with Crippen LogP contribution in [-0.4, -0.2) is 32.9 Å². The Bertz CT molecular complexity index is 2280. The van der Waals surface area contributed by atoms with Crippen LogP contribution in [0.4, 0.5) is 16.5 Å². The van der Waals surface area contributed by atoms with Crippen molar-refractivity contribution in [3.05, 3.63) is 171 Å². The molecule has 0 aliphatic carbocycles. The average molecular weight is 756 g/mol. The first-order chi connectivity index (χ1) is 26.2. The fraction of sp³-hybridized carbons (Fsp3) is 0.0732. The van der Waals surface area contributed by atoms with E-state index in [0.29, 0.717) is 45.6 Å². The highest BCUT2D eigenvalue weighted by Crippen LogP contribution is 2.30. The smallest absolute Gasteiger partial charge is 0.272 e. The monoisotopic (exact) mass is 755 g/mol. The summed E-state index contributed by atoms with van der Waals surface area (Å²) < 4.78 is 5.89. The Morgan fingerprint density at radius 3 is 2.28 bits per heavy atom. The second-order valence-corrected chi connectivity index (χ2v) is 14.1. The van der Waals surface area contributed by atoms with Crippen molar-refractivity contribution in [2.24, 2.45) is 0 Å². The van der Waals surface area contributed by atoms with Crippen LogP contribution in [0.5, 0.6) is 5.75 Å². The first kappa shape index (κ1) is 37.2. The third kappa shape index (κ3) is 10.3. The second kappa shape index (κ2) is 17.8. The first-order valence-corrected chi connectivity index (χ1v) is 18.4. The van der Waals surface area contributed by atoms with E-state index in [-0.39, 0.29) is 17.3 Å². The summed E-state index contributed by atoms with van der Waals surface area (Å²) in [6.07, 6.45) is 1.59. The van der Waals surface area contributed by atoms with Crippen LogP contribution in [0.2, 0.25) is 0 Å². The van der Waals surface area contributed by atoms with Crippen LogP contribution in [0.15, 0.2) is 149 Å². The van der Waals surface area contributed by atoms with Gasteiger partial charge in [-0.2, -0.15) is 0 Å². The molecule has 0 aliphatic rings. The number of carbonyl (C=O) groups is 3. The highest BCUT2D eigenvalue weighted by atomic mass is 32.2. The predicted molar refractivity (Wildman–Crippen MR) is 212 cm³/mol. The van der Waals surface area contributed by atoms with Crippen molar-refractivity contribution in [2.45, 2.75) is 23.7 Å². The normalized spacial score (nSPS) is 11.6. The maximum atomic E-state index is 13.6. The number of ether oxygens (including phenoxy) is 1. The molecule has 6 rings (SSSR count). The Morgan fingerprint density at radius 1 is 0.870 bits per heavy atom. The van der Waals surface area contributed by atoms with Crippen molar-refractivity contribution in [3.8, 4) is 17.0 Å². The molecule has 0 saturated heterocycles. The lowest BCUT2D eigenvalue weighted by Crippen LogP contribution is -2.30. The molecule has 6 aromatic rings. The first-order valence-electron chi connectivity index (χ1n) is 16.6.